The number of benzene rings is 1. The SMILES string of the molecule is Cc1cc(C(=O)C[NH+]2C[C@H](C)C[C@@H](C)C2)c(C)n1-c1ccc(S(N)(=O)=O)cc1. The number of piperidine rings is 1. The molecule has 6 nitrogen and oxygen atoms in total. The highest BCUT2D eigenvalue weighted by Crippen LogP contribution is 2.22. The Kier molecular flexibility index (Phi) is 5.79. The van der Waals surface area contributed by atoms with Crippen LogP contribution in [0.2, 0.25) is 0 Å². The van der Waals surface area contributed by atoms with Gasteiger partial charge in [-0.25, -0.2) is 13.6 Å². The monoisotopic (exact) mass is 404 g/mol. The summed E-state index contributed by atoms with van der Waals surface area (Å²) in [6.07, 6.45) is 1.24. The number of aromatic nitrogens is 1. The van der Waals surface area contributed by atoms with E-state index >= 15 is 0 Å². The van der Waals surface area contributed by atoms with E-state index in [2.05, 4.69) is 13.8 Å². The number of carbonyl (C=O) groups excluding carboxylic acids is 1. The van der Waals surface area contributed by atoms with Crippen LogP contribution in [0.3, 0.4) is 0 Å². The molecule has 2 aromatic rings. The van der Waals surface area contributed by atoms with Gasteiger partial charge >= 0.3 is 0 Å². The molecule has 0 spiro atoms. The first kappa shape index (κ1) is 20.8. The normalized spacial score (nSPS) is 23.0. The minimum atomic E-state index is -3.72. The van der Waals surface area contributed by atoms with Gasteiger partial charge in [-0.15, -0.1) is 0 Å². The Morgan fingerprint density at radius 1 is 1.14 bits per heavy atom. The summed E-state index contributed by atoms with van der Waals surface area (Å²) in [4.78, 5) is 14.4. The van der Waals surface area contributed by atoms with Gasteiger partial charge in [0.25, 0.3) is 0 Å². The number of quaternary nitrogens is 1. The lowest BCUT2D eigenvalue weighted by molar-refractivity contribution is -0.903. The summed E-state index contributed by atoms with van der Waals surface area (Å²) in [5.41, 5.74) is 3.38. The summed E-state index contributed by atoms with van der Waals surface area (Å²) in [7, 11) is -3.72. The molecular formula is C21H30N3O3S+. The Morgan fingerprint density at radius 2 is 1.71 bits per heavy atom. The molecular weight excluding hydrogens is 374 g/mol. The Bertz CT molecular complexity index is 967. The third kappa shape index (κ3) is 4.37. The van der Waals surface area contributed by atoms with Crippen molar-refractivity contribution in [1.82, 2.24) is 4.57 Å². The number of Topliss-reactive ketones (excluding diaryl/α,β-unsaturated/α-hetero) is 1. The lowest BCUT2D eigenvalue weighted by atomic mass is 9.91. The topological polar surface area (TPSA) is 86.6 Å². The van der Waals surface area contributed by atoms with Gasteiger partial charge in [0, 0.05) is 34.5 Å². The Hall–Kier alpha value is -1.96. The number of rotatable bonds is 5. The molecule has 0 unspecified atom stereocenters. The highest BCUT2D eigenvalue weighted by Gasteiger charge is 2.28. The van der Waals surface area contributed by atoms with Crippen molar-refractivity contribution in [2.45, 2.75) is 39.0 Å². The Balaban J connectivity index is 1.84. The van der Waals surface area contributed by atoms with E-state index in [1.165, 1.54) is 23.5 Å². The summed E-state index contributed by atoms with van der Waals surface area (Å²) in [5, 5.41) is 5.18. The molecule has 0 aliphatic carbocycles. The van der Waals surface area contributed by atoms with E-state index in [-0.39, 0.29) is 10.7 Å². The van der Waals surface area contributed by atoms with Crippen LogP contribution in [0.25, 0.3) is 5.69 Å². The molecule has 1 saturated heterocycles. The van der Waals surface area contributed by atoms with Crippen molar-refractivity contribution in [3.8, 4) is 5.69 Å². The molecule has 1 aromatic carbocycles. The molecule has 1 fully saturated rings. The molecule has 152 valence electrons. The number of ketones is 1. The summed E-state index contributed by atoms with van der Waals surface area (Å²) in [5.74, 6) is 1.46. The van der Waals surface area contributed by atoms with Gasteiger partial charge in [0.1, 0.15) is 6.54 Å². The van der Waals surface area contributed by atoms with Crippen molar-refractivity contribution >= 4 is 15.8 Å². The lowest BCUT2D eigenvalue weighted by Crippen LogP contribution is -3.15. The number of likely N-dealkylation sites (tertiary alicyclic amines) is 1. The van der Waals surface area contributed by atoms with Gasteiger partial charge < -0.3 is 9.47 Å². The number of aryl methyl sites for hydroxylation is 1. The number of hydrogen-bond donors (Lipinski definition) is 2. The second kappa shape index (κ2) is 7.81. The van der Waals surface area contributed by atoms with Crippen molar-refractivity contribution in [3.63, 3.8) is 0 Å². The minimum absolute atomic E-state index is 0.0759. The maximum atomic E-state index is 13.0. The molecule has 1 aromatic heterocycles. The van der Waals surface area contributed by atoms with Crippen molar-refractivity contribution in [1.29, 1.82) is 0 Å². The average Bonchev–Trinajstić information content (AvgIpc) is 2.88. The van der Waals surface area contributed by atoms with Crippen LogP contribution in [-0.4, -0.2) is 38.4 Å². The largest absolute Gasteiger partial charge is 0.328 e. The smallest absolute Gasteiger partial charge is 0.238 e. The van der Waals surface area contributed by atoms with Gasteiger partial charge in [0.15, 0.2) is 0 Å². The van der Waals surface area contributed by atoms with E-state index in [1.54, 1.807) is 12.1 Å². The van der Waals surface area contributed by atoms with Gasteiger partial charge in [-0.05, 0) is 50.6 Å². The molecule has 3 rings (SSSR count). The molecule has 7 heteroatoms. The van der Waals surface area contributed by atoms with Crippen LogP contribution >= 0.6 is 0 Å². The Morgan fingerprint density at radius 3 is 2.25 bits per heavy atom. The number of nitrogens with one attached hydrogen (secondary N) is 1. The van der Waals surface area contributed by atoms with E-state index in [4.69, 9.17) is 5.14 Å². The van der Waals surface area contributed by atoms with E-state index < -0.39 is 10.0 Å². The van der Waals surface area contributed by atoms with Gasteiger partial charge in [-0.3, -0.25) is 4.79 Å². The fourth-order valence-electron chi connectivity index (χ4n) is 4.62. The quantitative estimate of drug-likeness (QED) is 0.740. The Labute approximate surface area is 167 Å². The van der Waals surface area contributed by atoms with Crippen LogP contribution in [-0.2, 0) is 10.0 Å². The summed E-state index contributed by atoms with van der Waals surface area (Å²) < 4.78 is 24.9. The van der Waals surface area contributed by atoms with Gasteiger partial charge in [0.05, 0.1) is 18.0 Å². The van der Waals surface area contributed by atoms with E-state index in [1.807, 2.05) is 24.5 Å². The van der Waals surface area contributed by atoms with Crippen LogP contribution in [0.1, 0.15) is 42.0 Å². The van der Waals surface area contributed by atoms with Crippen LogP contribution in [0.5, 0.6) is 0 Å². The lowest BCUT2D eigenvalue weighted by Gasteiger charge is -2.31. The molecule has 0 saturated carbocycles. The van der Waals surface area contributed by atoms with Crippen LogP contribution in [0, 0.1) is 25.7 Å². The van der Waals surface area contributed by atoms with Crippen molar-refractivity contribution in [2.75, 3.05) is 19.6 Å². The number of hydrogen-bond acceptors (Lipinski definition) is 3. The van der Waals surface area contributed by atoms with Crippen LogP contribution < -0.4 is 10.0 Å². The second-order valence-electron chi connectivity index (χ2n) is 8.36. The summed E-state index contributed by atoms with van der Waals surface area (Å²) >= 11 is 0. The molecule has 1 aliphatic heterocycles. The molecule has 2 heterocycles. The maximum absolute atomic E-state index is 13.0. The molecule has 28 heavy (non-hydrogen) atoms. The molecule has 1 aliphatic rings. The highest BCUT2D eigenvalue weighted by atomic mass is 32.2. The fourth-order valence-corrected chi connectivity index (χ4v) is 5.13. The van der Waals surface area contributed by atoms with Crippen LogP contribution in [0.4, 0.5) is 0 Å². The first-order valence-corrected chi connectivity index (χ1v) is 11.3. The minimum Gasteiger partial charge on any atom is -0.328 e. The van der Waals surface area contributed by atoms with Crippen molar-refractivity contribution in [3.05, 3.63) is 47.3 Å². The summed E-state index contributed by atoms with van der Waals surface area (Å²) in [6.45, 7) is 11.0. The van der Waals surface area contributed by atoms with Gasteiger partial charge in [0.2, 0.25) is 15.8 Å². The maximum Gasteiger partial charge on any atom is 0.238 e. The first-order chi connectivity index (χ1) is 13.1. The molecule has 0 bridgehead atoms. The zero-order valence-corrected chi connectivity index (χ0v) is 17.8. The van der Waals surface area contributed by atoms with E-state index in [0.717, 1.165) is 35.7 Å². The van der Waals surface area contributed by atoms with Crippen molar-refractivity contribution < 1.29 is 18.1 Å². The molecule has 0 radical (unpaired) electrons. The summed E-state index contributed by atoms with van der Waals surface area (Å²) in [6, 6.07) is 8.35. The molecule has 2 atom stereocenters. The molecule has 0 amide bonds. The highest BCUT2D eigenvalue weighted by molar-refractivity contribution is 7.89. The van der Waals surface area contributed by atoms with E-state index in [0.29, 0.717) is 18.4 Å². The molecule has 3 N–H and O–H groups in total. The first-order valence-electron chi connectivity index (χ1n) is 9.75. The van der Waals surface area contributed by atoms with Crippen LogP contribution in [0.15, 0.2) is 35.2 Å². The van der Waals surface area contributed by atoms with Gasteiger partial charge in [-0.2, -0.15) is 0 Å². The average molecular weight is 405 g/mol. The fraction of sp³-hybridized carbons (Fsp3) is 0.476. The van der Waals surface area contributed by atoms with Gasteiger partial charge in [-0.1, -0.05) is 13.8 Å². The number of nitrogens with zero attached hydrogens (tertiary/aromatic N) is 1. The predicted molar refractivity (Wildman–Crippen MR) is 109 cm³/mol. The number of nitrogens with two attached hydrogens (primary N) is 1. The van der Waals surface area contributed by atoms with E-state index in [9.17, 15) is 13.2 Å². The second-order valence-corrected chi connectivity index (χ2v) is 9.92. The van der Waals surface area contributed by atoms with Crippen molar-refractivity contribution in [2.24, 2.45) is 17.0 Å². The standard InChI is InChI=1S/C21H29N3O3S/c1-14-9-15(2)12-23(11-14)13-21(25)20-10-16(3)24(17(20)4)18-5-7-19(8-6-18)28(22,26)27/h5-8,10,14-15H,9,11-13H2,1-4H3,(H2,22,26,27)/p+1/t14-,15-/m1/s1. The third-order valence-electron chi connectivity index (χ3n) is 5.64. The zero-order valence-electron chi connectivity index (χ0n) is 17.0. The number of primary sulfonamides is 1. The zero-order chi connectivity index (χ0) is 20.6. The number of sulfonamides is 1. The third-order valence-corrected chi connectivity index (χ3v) is 6.57. The predicted octanol–water partition coefficient (Wildman–Crippen LogP) is 1.49. The number of carbonyl (C=O) groups is 1.